The van der Waals surface area contributed by atoms with Gasteiger partial charge in [0.1, 0.15) is 5.69 Å². The number of amides is 1. The summed E-state index contributed by atoms with van der Waals surface area (Å²) in [5.41, 5.74) is 1.60. The summed E-state index contributed by atoms with van der Waals surface area (Å²) >= 11 is 0. The molecule has 1 aromatic carbocycles. The Morgan fingerprint density at radius 2 is 2.04 bits per heavy atom. The number of hydrogen-bond acceptors (Lipinski definition) is 4. The van der Waals surface area contributed by atoms with Gasteiger partial charge in [-0.25, -0.2) is 4.98 Å². The van der Waals surface area contributed by atoms with Crippen molar-refractivity contribution < 1.29 is 4.79 Å². The Morgan fingerprint density at radius 3 is 2.87 bits per heavy atom. The lowest BCUT2D eigenvalue weighted by molar-refractivity contribution is -0.120. The minimum absolute atomic E-state index is 0.00995. The summed E-state index contributed by atoms with van der Waals surface area (Å²) in [6, 6.07) is 11.8. The topological polar surface area (TPSA) is 83.6 Å². The fraction of sp³-hybridized carbons (Fsp3) is 0.294. The number of anilines is 1. The average molecular weight is 307 g/mol. The number of aromatic nitrogens is 4. The van der Waals surface area contributed by atoms with Crippen LogP contribution in [0, 0.1) is 11.8 Å². The van der Waals surface area contributed by atoms with E-state index in [1.54, 1.807) is 0 Å². The highest BCUT2D eigenvalue weighted by Gasteiger charge is 2.33. The van der Waals surface area contributed by atoms with Crippen molar-refractivity contribution in [1.82, 2.24) is 20.2 Å². The highest BCUT2D eigenvalue weighted by molar-refractivity contribution is 5.91. The van der Waals surface area contributed by atoms with Crippen LogP contribution in [0.3, 0.4) is 0 Å². The number of hydrogen-bond donors (Lipinski definition) is 2. The molecule has 116 valence electrons. The number of carbonyl (C=O) groups is 1. The number of aromatic amines is 1. The second-order valence-electron chi connectivity index (χ2n) is 6.01. The molecule has 1 atom stereocenters. The Morgan fingerprint density at radius 1 is 1.22 bits per heavy atom. The van der Waals surface area contributed by atoms with E-state index in [4.69, 9.17) is 0 Å². The molecule has 2 N–H and O–H groups in total. The quantitative estimate of drug-likeness (QED) is 0.776. The number of fused-ring (bicyclic) bond motifs is 1. The van der Waals surface area contributed by atoms with Gasteiger partial charge in [-0.15, -0.1) is 5.10 Å². The molecule has 4 rings (SSSR count). The summed E-state index contributed by atoms with van der Waals surface area (Å²) in [5, 5.41) is 10.7. The van der Waals surface area contributed by atoms with Gasteiger partial charge in [0.05, 0.1) is 5.52 Å². The zero-order chi connectivity index (χ0) is 15.8. The number of para-hydroxylation sites is 1. The zero-order valence-electron chi connectivity index (χ0n) is 12.8. The Labute approximate surface area is 133 Å². The van der Waals surface area contributed by atoms with Crippen LogP contribution < -0.4 is 5.32 Å². The smallest absolute Gasteiger partial charge is 0.249 e. The van der Waals surface area contributed by atoms with Crippen molar-refractivity contribution in [2.75, 3.05) is 5.32 Å². The number of nitrogens with zero attached hydrogens (tertiary/aromatic N) is 3. The molecule has 23 heavy (non-hydrogen) atoms. The third-order valence-electron chi connectivity index (χ3n) is 4.30. The minimum atomic E-state index is -0.0236. The van der Waals surface area contributed by atoms with E-state index in [-0.39, 0.29) is 11.8 Å². The van der Waals surface area contributed by atoms with Gasteiger partial charge >= 0.3 is 0 Å². The molecule has 2 aromatic heterocycles. The van der Waals surface area contributed by atoms with E-state index in [0.29, 0.717) is 23.4 Å². The predicted octanol–water partition coefficient (Wildman–Crippen LogP) is 3.00. The van der Waals surface area contributed by atoms with Crippen molar-refractivity contribution in [2.45, 2.75) is 19.8 Å². The Balaban J connectivity index is 1.55. The monoisotopic (exact) mass is 307 g/mol. The van der Waals surface area contributed by atoms with Crippen LogP contribution in [-0.2, 0) is 4.79 Å². The molecular weight excluding hydrogens is 290 g/mol. The molecule has 6 heteroatoms. The van der Waals surface area contributed by atoms with Gasteiger partial charge in [-0.2, -0.15) is 4.98 Å². The second-order valence-corrected chi connectivity index (χ2v) is 6.01. The van der Waals surface area contributed by atoms with Gasteiger partial charge in [0, 0.05) is 11.3 Å². The van der Waals surface area contributed by atoms with Crippen LogP contribution in [0.5, 0.6) is 0 Å². The Hall–Kier alpha value is -2.76. The number of pyridine rings is 1. The van der Waals surface area contributed by atoms with Gasteiger partial charge in [0.25, 0.3) is 0 Å². The van der Waals surface area contributed by atoms with Crippen molar-refractivity contribution in [3.8, 4) is 11.5 Å². The van der Waals surface area contributed by atoms with Crippen LogP contribution in [-0.4, -0.2) is 26.1 Å². The van der Waals surface area contributed by atoms with Gasteiger partial charge in [-0.1, -0.05) is 31.2 Å². The number of rotatable bonds is 4. The van der Waals surface area contributed by atoms with Crippen LogP contribution in [0.4, 0.5) is 5.95 Å². The highest BCUT2D eigenvalue weighted by atomic mass is 16.2. The van der Waals surface area contributed by atoms with E-state index >= 15 is 0 Å². The maximum Gasteiger partial charge on any atom is 0.249 e. The first-order valence-corrected chi connectivity index (χ1v) is 7.80. The van der Waals surface area contributed by atoms with Crippen molar-refractivity contribution in [2.24, 2.45) is 11.8 Å². The molecule has 0 radical (unpaired) electrons. The summed E-state index contributed by atoms with van der Waals surface area (Å²) in [7, 11) is 0. The summed E-state index contributed by atoms with van der Waals surface area (Å²) in [6.45, 7) is 1.95. The SMILES string of the molecule is CC(C(=O)Nc1n[nH]c(-c2ccc3ccccc3n2)n1)C1CC1. The third-order valence-corrected chi connectivity index (χ3v) is 4.30. The lowest BCUT2D eigenvalue weighted by Crippen LogP contribution is -2.22. The van der Waals surface area contributed by atoms with Crippen LogP contribution in [0.2, 0.25) is 0 Å². The number of nitrogens with one attached hydrogen (secondary N) is 2. The molecule has 2 heterocycles. The standard InChI is InChI=1S/C17H17N5O/c1-10(11-6-7-11)16(23)20-17-19-15(21-22-17)14-9-8-12-4-2-3-5-13(12)18-14/h2-5,8-11H,6-7H2,1H3,(H2,19,20,21,22,23). The van der Waals surface area contributed by atoms with E-state index in [9.17, 15) is 4.79 Å². The Bertz CT molecular complexity index is 868. The molecule has 1 aliphatic carbocycles. The molecule has 0 spiro atoms. The fourth-order valence-corrected chi connectivity index (χ4v) is 2.66. The van der Waals surface area contributed by atoms with Gasteiger partial charge in [-0.05, 0) is 30.9 Å². The van der Waals surface area contributed by atoms with Crippen LogP contribution in [0.25, 0.3) is 22.4 Å². The van der Waals surface area contributed by atoms with Gasteiger partial charge in [-0.3, -0.25) is 15.2 Å². The normalized spacial score (nSPS) is 15.5. The molecule has 6 nitrogen and oxygen atoms in total. The first kappa shape index (κ1) is 13.9. The summed E-state index contributed by atoms with van der Waals surface area (Å²) in [5.74, 6) is 1.34. The molecular formula is C17H17N5O. The van der Waals surface area contributed by atoms with Crippen molar-refractivity contribution in [3.63, 3.8) is 0 Å². The molecule has 0 bridgehead atoms. The number of H-pyrrole nitrogens is 1. The second kappa shape index (κ2) is 5.46. The predicted molar refractivity (Wildman–Crippen MR) is 87.6 cm³/mol. The zero-order valence-corrected chi connectivity index (χ0v) is 12.8. The van der Waals surface area contributed by atoms with Gasteiger partial charge in [0.15, 0.2) is 5.82 Å². The van der Waals surface area contributed by atoms with Gasteiger partial charge < -0.3 is 0 Å². The summed E-state index contributed by atoms with van der Waals surface area (Å²) in [6.07, 6.45) is 2.27. The lowest BCUT2D eigenvalue weighted by atomic mass is 10.1. The number of benzene rings is 1. The molecule has 1 amide bonds. The van der Waals surface area contributed by atoms with Gasteiger partial charge in [0.2, 0.25) is 11.9 Å². The highest BCUT2D eigenvalue weighted by Crippen LogP contribution is 2.36. The fourth-order valence-electron chi connectivity index (χ4n) is 2.66. The van der Waals surface area contributed by atoms with Crippen molar-refractivity contribution in [1.29, 1.82) is 0 Å². The van der Waals surface area contributed by atoms with Crippen LogP contribution >= 0.6 is 0 Å². The summed E-state index contributed by atoms with van der Waals surface area (Å²) < 4.78 is 0. The van der Waals surface area contributed by atoms with E-state index < -0.39 is 0 Å². The molecule has 3 aromatic rings. The van der Waals surface area contributed by atoms with E-state index in [1.807, 2.05) is 43.3 Å². The van der Waals surface area contributed by atoms with E-state index in [2.05, 4.69) is 25.5 Å². The van der Waals surface area contributed by atoms with Crippen molar-refractivity contribution in [3.05, 3.63) is 36.4 Å². The lowest BCUT2D eigenvalue weighted by Gasteiger charge is -2.07. The third kappa shape index (κ3) is 2.79. The average Bonchev–Trinajstić information content (AvgIpc) is 3.33. The molecule has 0 aliphatic heterocycles. The molecule has 1 fully saturated rings. The Kier molecular flexibility index (Phi) is 3.29. The molecule has 0 saturated heterocycles. The van der Waals surface area contributed by atoms with E-state index in [1.165, 1.54) is 0 Å². The van der Waals surface area contributed by atoms with Crippen LogP contribution in [0.1, 0.15) is 19.8 Å². The van der Waals surface area contributed by atoms with E-state index in [0.717, 1.165) is 23.7 Å². The van der Waals surface area contributed by atoms with Crippen LogP contribution in [0.15, 0.2) is 36.4 Å². The minimum Gasteiger partial charge on any atom is -0.293 e. The van der Waals surface area contributed by atoms with Crippen molar-refractivity contribution >= 4 is 22.8 Å². The largest absolute Gasteiger partial charge is 0.293 e. The maximum atomic E-state index is 12.1. The number of carbonyl (C=O) groups excluding carboxylic acids is 1. The first-order chi connectivity index (χ1) is 11.2. The first-order valence-electron chi connectivity index (χ1n) is 7.80. The maximum absolute atomic E-state index is 12.1. The molecule has 1 aliphatic rings. The molecule has 1 saturated carbocycles. The molecule has 1 unspecified atom stereocenters. The summed E-state index contributed by atoms with van der Waals surface area (Å²) in [4.78, 5) is 21.0.